The van der Waals surface area contributed by atoms with Crippen LogP contribution in [0.15, 0.2) is 54.6 Å². The standard InChI is InChI=1S/C19H18N4O3/c1-14-7-9-16(10-8-14)19-20-22-23(21-19)12-11-18(25)26-13-17(24)15-5-3-2-4-6-15/h2-10H,11-13H2,1H3. The zero-order chi connectivity index (χ0) is 18.4. The van der Waals surface area contributed by atoms with Crippen molar-refractivity contribution in [2.75, 3.05) is 6.61 Å². The van der Waals surface area contributed by atoms with Gasteiger partial charge in [0.2, 0.25) is 5.82 Å². The highest BCUT2D eigenvalue weighted by Gasteiger charge is 2.11. The number of rotatable bonds is 7. The molecule has 3 rings (SSSR count). The molecule has 0 aliphatic heterocycles. The SMILES string of the molecule is Cc1ccc(-c2nnn(CCC(=O)OCC(=O)c3ccccc3)n2)cc1. The smallest absolute Gasteiger partial charge is 0.308 e. The predicted molar refractivity (Wildman–Crippen MR) is 94.3 cm³/mol. The summed E-state index contributed by atoms with van der Waals surface area (Å²) < 4.78 is 5.01. The highest BCUT2D eigenvalue weighted by Crippen LogP contribution is 2.14. The molecule has 0 atom stereocenters. The number of aromatic nitrogens is 4. The molecule has 0 bridgehead atoms. The molecule has 0 fully saturated rings. The fraction of sp³-hybridized carbons (Fsp3) is 0.211. The van der Waals surface area contributed by atoms with Gasteiger partial charge in [0.05, 0.1) is 13.0 Å². The first-order valence-corrected chi connectivity index (χ1v) is 8.20. The Labute approximate surface area is 150 Å². The first kappa shape index (κ1) is 17.5. The number of ketones is 1. The minimum absolute atomic E-state index is 0.0613. The number of ether oxygens (including phenoxy) is 1. The summed E-state index contributed by atoms with van der Waals surface area (Å²) in [5, 5.41) is 12.2. The molecule has 0 unspecified atom stereocenters. The molecule has 0 saturated heterocycles. The number of nitrogens with zero attached hydrogens (tertiary/aromatic N) is 4. The van der Waals surface area contributed by atoms with E-state index < -0.39 is 5.97 Å². The van der Waals surface area contributed by atoms with Crippen LogP contribution in [0, 0.1) is 6.92 Å². The maximum atomic E-state index is 11.9. The summed E-state index contributed by atoms with van der Waals surface area (Å²) in [4.78, 5) is 25.0. The van der Waals surface area contributed by atoms with Crippen LogP contribution in [0.25, 0.3) is 11.4 Å². The van der Waals surface area contributed by atoms with Crippen molar-refractivity contribution in [3.8, 4) is 11.4 Å². The zero-order valence-corrected chi connectivity index (χ0v) is 14.3. The Hall–Kier alpha value is -3.35. The van der Waals surface area contributed by atoms with Crippen LogP contribution in [-0.4, -0.2) is 38.6 Å². The summed E-state index contributed by atoms with van der Waals surface area (Å²) in [7, 11) is 0. The van der Waals surface area contributed by atoms with Crippen molar-refractivity contribution in [3.63, 3.8) is 0 Å². The first-order chi connectivity index (χ1) is 12.6. The third-order valence-electron chi connectivity index (χ3n) is 3.74. The monoisotopic (exact) mass is 350 g/mol. The van der Waals surface area contributed by atoms with Crippen LogP contribution in [0.3, 0.4) is 0 Å². The molecule has 0 saturated carbocycles. The summed E-state index contributed by atoms with van der Waals surface area (Å²) in [5.41, 5.74) is 2.52. The number of aryl methyl sites for hydroxylation is 2. The molecular weight excluding hydrogens is 332 g/mol. The minimum atomic E-state index is -0.483. The number of benzene rings is 2. The Balaban J connectivity index is 1.47. The molecule has 7 nitrogen and oxygen atoms in total. The first-order valence-electron chi connectivity index (χ1n) is 8.20. The van der Waals surface area contributed by atoms with Crippen LogP contribution >= 0.6 is 0 Å². The lowest BCUT2D eigenvalue weighted by Crippen LogP contribution is -2.16. The number of hydrogen-bond acceptors (Lipinski definition) is 6. The normalized spacial score (nSPS) is 10.5. The molecule has 2 aromatic carbocycles. The van der Waals surface area contributed by atoms with E-state index in [0.717, 1.165) is 11.1 Å². The van der Waals surface area contributed by atoms with E-state index in [9.17, 15) is 9.59 Å². The third kappa shape index (κ3) is 4.60. The maximum absolute atomic E-state index is 11.9. The molecule has 132 valence electrons. The fourth-order valence-electron chi connectivity index (χ4n) is 2.27. The predicted octanol–water partition coefficient (Wildman–Crippen LogP) is 2.46. The second kappa shape index (κ2) is 8.15. The van der Waals surface area contributed by atoms with Gasteiger partial charge in [0.15, 0.2) is 12.4 Å². The van der Waals surface area contributed by atoms with Gasteiger partial charge in [-0.3, -0.25) is 9.59 Å². The Morgan fingerprint density at radius 1 is 1.04 bits per heavy atom. The maximum Gasteiger partial charge on any atom is 0.308 e. The van der Waals surface area contributed by atoms with Gasteiger partial charge in [-0.15, -0.1) is 10.2 Å². The van der Waals surface area contributed by atoms with E-state index in [0.29, 0.717) is 11.4 Å². The van der Waals surface area contributed by atoms with Gasteiger partial charge in [0.25, 0.3) is 0 Å². The van der Waals surface area contributed by atoms with Crippen molar-refractivity contribution in [3.05, 3.63) is 65.7 Å². The van der Waals surface area contributed by atoms with Crippen molar-refractivity contribution < 1.29 is 14.3 Å². The van der Waals surface area contributed by atoms with Gasteiger partial charge in [-0.1, -0.05) is 60.2 Å². The van der Waals surface area contributed by atoms with Gasteiger partial charge in [0, 0.05) is 11.1 Å². The third-order valence-corrected chi connectivity index (χ3v) is 3.74. The minimum Gasteiger partial charge on any atom is -0.457 e. The van der Waals surface area contributed by atoms with E-state index >= 15 is 0 Å². The van der Waals surface area contributed by atoms with Crippen molar-refractivity contribution in [1.29, 1.82) is 0 Å². The number of tetrazole rings is 1. The van der Waals surface area contributed by atoms with Crippen LogP contribution in [0.5, 0.6) is 0 Å². The van der Waals surface area contributed by atoms with Crippen LogP contribution in [0.4, 0.5) is 0 Å². The summed E-state index contributed by atoms with van der Waals surface area (Å²) in [6.45, 7) is 1.96. The summed E-state index contributed by atoms with van der Waals surface area (Å²) in [6.07, 6.45) is 0.0613. The highest BCUT2D eigenvalue weighted by molar-refractivity contribution is 5.97. The number of esters is 1. The van der Waals surface area contributed by atoms with Crippen LogP contribution < -0.4 is 0 Å². The highest BCUT2D eigenvalue weighted by atomic mass is 16.5. The lowest BCUT2D eigenvalue weighted by atomic mass is 10.1. The molecule has 0 aliphatic carbocycles. The van der Waals surface area contributed by atoms with E-state index in [2.05, 4.69) is 15.4 Å². The zero-order valence-electron chi connectivity index (χ0n) is 14.3. The van der Waals surface area contributed by atoms with E-state index in [1.165, 1.54) is 4.80 Å². The Morgan fingerprint density at radius 2 is 1.77 bits per heavy atom. The lowest BCUT2D eigenvalue weighted by molar-refractivity contribution is -0.142. The van der Waals surface area contributed by atoms with Gasteiger partial charge in [-0.2, -0.15) is 4.80 Å². The van der Waals surface area contributed by atoms with Crippen LogP contribution in [-0.2, 0) is 16.1 Å². The van der Waals surface area contributed by atoms with Crippen molar-refractivity contribution in [1.82, 2.24) is 20.2 Å². The lowest BCUT2D eigenvalue weighted by Gasteiger charge is -2.04. The molecule has 3 aromatic rings. The Bertz CT molecular complexity index is 889. The topological polar surface area (TPSA) is 87.0 Å². The molecule has 0 spiro atoms. The molecule has 0 radical (unpaired) electrons. The van der Waals surface area contributed by atoms with Gasteiger partial charge < -0.3 is 4.74 Å². The molecule has 1 aromatic heterocycles. The molecule has 0 amide bonds. The molecule has 0 N–H and O–H groups in total. The summed E-state index contributed by atoms with van der Waals surface area (Å²) in [5.74, 6) is -0.222. The molecule has 26 heavy (non-hydrogen) atoms. The summed E-state index contributed by atoms with van der Waals surface area (Å²) >= 11 is 0. The van der Waals surface area contributed by atoms with Crippen LogP contribution in [0.1, 0.15) is 22.3 Å². The van der Waals surface area contributed by atoms with Gasteiger partial charge in [-0.25, -0.2) is 0 Å². The number of carbonyl (C=O) groups excluding carboxylic acids is 2. The molecule has 1 heterocycles. The quantitative estimate of drug-likeness (QED) is 0.480. The Kier molecular flexibility index (Phi) is 5.48. The van der Waals surface area contributed by atoms with E-state index in [-0.39, 0.29) is 25.4 Å². The molecule has 7 heteroatoms. The second-order valence-corrected chi connectivity index (χ2v) is 5.77. The van der Waals surface area contributed by atoms with Gasteiger partial charge in [-0.05, 0) is 12.1 Å². The fourth-order valence-corrected chi connectivity index (χ4v) is 2.27. The molecular formula is C19H18N4O3. The average Bonchev–Trinajstić information content (AvgIpc) is 3.14. The van der Waals surface area contributed by atoms with Gasteiger partial charge in [0.1, 0.15) is 0 Å². The Morgan fingerprint density at radius 3 is 2.50 bits per heavy atom. The number of hydrogen-bond donors (Lipinski definition) is 0. The number of carbonyl (C=O) groups is 2. The van der Waals surface area contributed by atoms with E-state index in [1.54, 1.807) is 24.3 Å². The van der Waals surface area contributed by atoms with Crippen molar-refractivity contribution >= 4 is 11.8 Å². The van der Waals surface area contributed by atoms with Crippen molar-refractivity contribution in [2.45, 2.75) is 19.9 Å². The number of Topliss-reactive ketones (excluding diaryl/α,β-unsaturated/α-hetero) is 1. The summed E-state index contributed by atoms with van der Waals surface area (Å²) in [6, 6.07) is 16.5. The average molecular weight is 350 g/mol. The van der Waals surface area contributed by atoms with Crippen LogP contribution in [0.2, 0.25) is 0 Å². The second-order valence-electron chi connectivity index (χ2n) is 5.77. The largest absolute Gasteiger partial charge is 0.457 e. The van der Waals surface area contributed by atoms with E-state index in [1.807, 2.05) is 37.3 Å². The van der Waals surface area contributed by atoms with Gasteiger partial charge >= 0.3 is 5.97 Å². The van der Waals surface area contributed by atoms with E-state index in [4.69, 9.17) is 4.74 Å². The van der Waals surface area contributed by atoms with Crippen molar-refractivity contribution in [2.24, 2.45) is 0 Å². The molecule has 0 aliphatic rings.